The van der Waals surface area contributed by atoms with Gasteiger partial charge in [0.25, 0.3) is 0 Å². The van der Waals surface area contributed by atoms with Crippen LogP contribution in [-0.2, 0) is 0 Å². The molecule has 2 rings (SSSR count). The fourth-order valence-corrected chi connectivity index (χ4v) is 3.09. The molecule has 2 fully saturated rings. The Kier molecular flexibility index (Phi) is 3.88. The lowest BCUT2D eigenvalue weighted by molar-refractivity contribution is 0.162. The van der Waals surface area contributed by atoms with E-state index in [4.69, 9.17) is 0 Å². The van der Waals surface area contributed by atoms with Crippen LogP contribution >= 0.6 is 0 Å². The van der Waals surface area contributed by atoms with E-state index in [9.17, 15) is 0 Å². The Labute approximate surface area is 100 Å². The van der Waals surface area contributed by atoms with Gasteiger partial charge in [0, 0.05) is 30.7 Å². The van der Waals surface area contributed by atoms with Crippen LogP contribution in [-0.4, -0.2) is 61.2 Å². The molecule has 2 aliphatic heterocycles. The van der Waals surface area contributed by atoms with Gasteiger partial charge in [-0.2, -0.15) is 0 Å². The van der Waals surface area contributed by atoms with Crippen molar-refractivity contribution in [2.45, 2.75) is 57.3 Å². The fraction of sp³-hybridized carbons (Fsp3) is 1.00. The highest BCUT2D eigenvalue weighted by Crippen LogP contribution is 2.20. The van der Waals surface area contributed by atoms with Crippen molar-refractivity contribution in [1.82, 2.24) is 15.1 Å². The van der Waals surface area contributed by atoms with Crippen molar-refractivity contribution in [1.29, 1.82) is 0 Å². The first-order valence-corrected chi connectivity index (χ1v) is 6.72. The number of likely N-dealkylation sites (tertiary alicyclic amines) is 2. The quantitative estimate of drug-likeness (QED) is 0.760. The van der Waals surface area contributed by atoms with E-state index in [-0.39, 0.29) is 0 Å². The zero-order valence-corrected chi connectivity index (χ0v) is 11.2. The van der Waals surface area contributed by atoms with Gasteiger partial charge in [-0.1, -0.05) is 0 Å². The van der Waals surface area contributed by atoms with Crippen LogP contribution in [0.4, 0.5) is 0 Å². The van der Waals surface area contributed by atoms with Crippen LogP contribution in [0, 0.1) is 0 Å². The second-order valence-electron chi connectivity index (χ2n) is 5.94. The predicted octanol–water partition coefficient (Wildman–Crippen LogP) is 1.15. The number of rotatable bonds is 2. The molecule has 0 radical (unpaired) electrons. The minimum Gasteiger partial charge on any atom is -0.310 e. The van der Waals surface area contributed by atoms with Crippen LogP contribution in [0.1, 0.15) is 33.1 Å². The zero-order valence-electron chi connectivity index (χ0n) is 11.2. The molecule has 0 saturated carbocycles. The maximum Gasteiger partial charge on any atom is 0.0212 e. The average molecular weight is 225 g/mol. The first-order valence-electron chi connectivity index (χ1n) is 6.72. The lowest BCUT2D eigenvalue weighted by atomic mass is 9.98. The Morgan fingerprint density at radius 1 is 0.938 bits per heavy atom. The number of likely N-dealkylation sites (N-methyl/N-ethyl adjacent to an activating group) is 1. The molecule has 16 heavy (non-hydrogen) atoms. The van der Waals surface area contributed by atoms with Crippen LogP contribution in [0.3, 0.4) is 0 Å². The fourth-order valence-electron chi connectivity index (χ4n) is 3.09. The molecule has 0 bridgehead atoms. The van der Waals surface area contributed by atoms with Crippen molar-refractivity contribution in [3.8, 4) is 0 Å². The summed E-state index contributed by atoms with van der Waals surface area (Å²) in [5.74, 6) is 0. The van der Waals surface area contributed by atoms with Crippen LogP contribution in [0.5, 0.6) is 0 Å². The van der Waals surface area contributed by atoms with Crippen molar-refractivity contribution >= 4 is 0 Å². The number of hydrogen-bond acceptors (Lipinski definition) is 3. The number of piperidine rings is 1. The third kappa shape index (κ3) is 2.76. The topological polar surface area (TPSA) is 18.5 Å². The summed E-state index contributed by atoms with van der Waals surface area (Å²) in [4.78, 5) is 4.94. The molecule has 0 aromatic rings. The Balaban J connectivity index is 1.78. The minimum atomic E-state index is 0.723. The highest BCUT2D eigenvalue weighted by molar-refractivity contribution is 4.90. The highest BCUT2D eigenvalue weighted by Gasteiger charge is 2.30. The number of nitrogens with one attached hydrogen (secondary N) is 1. The summed E-state index contributed by atoms with van der Waals surface area (Å²) in [5, 5.41) is 3.86. The zero-order chi connectivity index (χ0) is 11.7. The van der Waals surface area contributed by atoms with E-state index < -0.39 is 0 Å². The Bertz CT molecular complexity index is 221. The van der Waals surface area contributed by atoms with Gasteiger partial charge in [-0.05, 0) is 53.8 Å². The van der Waals surface area contributed by atoms with Gasteiger partial charge in [-0.25, -0.2) is 0 Å². The predicted molar refractivity (Wildman–Crippen MR) is 68.7 cm³/mol. The summed E-state index contributed by atoms with van der Waals surface area (Å²) in [7, 11) is 4.48. The number of hydrogen-bond donors (Lipinski definition) is 1. The average Bonchev–Trinajstić information content (AvgIpc) is 2.52. The summed E-state index contributed by atoms with van der Waals surface area (Å²) >= 11 is 0. The van der Waals surface area contributed by atoms with Crippen molar-refractivity contribution in [3.05, 3.63) is 0 Å². The molecule has 0 aromatic carbocycles. The third-order valence-corrected chi connectivity index (χ3v) is 4.57. The van der Waals surface area contributed by atoms with Crippen molar-refractivity contribution in [2.24, 2.45) is 0 Å². The monoisotopic (exact) mass is 225 g/mol. The van der Waals surface area contributed by atoms with Gasteiger partial charge in [0.15, 0.2) is 0 Å². The van der Waals surface area contributed by atoms with Crippen molar-refractivity contribution in [2.75, 3.05) is 27.2 Å². The van der Waals surface area contributed by atoms with Gasteiger partial charge < -0.3 is 15.1 Å². The molecule has 4 atom stereocenters. The van der Waals surface area contributed by atoms with Crippen LogP contribution in [0.25, 0.3) is 0 Å². The largest absolute Gasteiger partial charge is 0.310 e. The van der Waals surface area contributed by atoms with E-state index in [1.165, 1.54) is 32.4 Å². The van der Waals surface area contributed by atoms with E-state index in [1.807, 2.05) is 0 Å². The first kappa shape index (κ1) is 12.3. The summed E-state index contributed by atoms with van der Waals surface area (Å²) in [6.45, 7) is 7.15. The van der Waals surface area contributed by atoms with Crippen molar-refractivity contribution < 1.29 is 0 Å². The molecule has 0 aromatic heterocycles. The Morgan fingerprint density at radius 2 is 1.56 bits per heavy atom. The molecule has 0 spiro atoms. The van der Waals surface area contributed by atoms with Gasteiger partial charge in [0.2, 0.25) is 0 Å². The molecular formula is C13H27N3. The lowest BCUT2D eigenvalue weighted by Crippen LogP contribution is -2.49. The number of nitrogens with zero attached hydrogens (tertiary/aromatic N) is 2. The van der Waals surface area contributed by atoms with Gasteiger partial charge in [-0.15, -0.1) is 0 Å². The van der Waals surface area contributed by atoms with Crippen molar-refractivity contribution in [3.63, 3.8) is 0 Å². The van der Waals surface area contributed by atoms with Gasteiger partial charge >= 0.3 is 0 Å². The molecule has 0 aliphatic carbocycles. The van der Waals surface area contributed by atoms with E-state index in [0.29, 0.717) is 0 Å². The maximum atomic E-state index is 3.86. The first-order chi connectivity index (χ1) is 7.56. The summed E-state index contributed by atoms with van der Waals surface area (Å²) in [6.07, 6.45) is 3.94. The summed E-state index contributed by atoms with van der Waals surface area (Å²) in [5.41, 5.74) is 0. The second-order valence-corrected chi connectivity index (χ2v) is 5.94. The molecule has 3 heteroatoms. The normalized spacial score (nSPS) is 42.8. The molecule has 2 saturated heterocycles. The highest BCUT2D eigenvalue weighted by atomic mass is 15.2. The van der Waals surface area contributed by atoms with Crippen LogP contribution in [0.2, 0.25) is 0 Å². The molecule has 1 N–H and O–H groups in total. The van der Waals surface area contributed by atoms with Crippen LogP contribution < -0.4 is 5.32 Å². The van der Waals surface area contributed by atoms with Crippen LogP contribution in [0.15, 0.2) is 0 Å². The molecule has 4 unspecified atom stereocenters. The second kappa shape index (κ2) is 5.03. The molecular weight excluding hydrogens is 198 g/mol. The van der Waals surface area contributed by atoms with Gasteiger partial charge in [0.05, 0.1) is 0 Å². The SMILES string of the molecule is CC1CC(NC2CC(C)N(C)C2)CCN1C. The van der Waals surface area contributed by atoms with E-state index >= 15 is 0 Å². The molecule has 2 heterocycles. The third-order valence-electron chi connectivity index (χ3n) is 4.57. The van der Waals surface area contributed by atoms with E-state index in [0.717, 1.165) is 24.2 Å². The van der Waals surface area contributed by atoms with E-state index in [1.54, 1.807) is 0 Å². The lowest BCUT2D eigenvalue weighted by Gasteiger charge is -2.36. The molecule has 2 aliphatic rings. The maximum absolute atomic E-state index is 3.86. The Morgan fingerprint density at radius 3 is 2.12 bits per heavy atom. The van der Waals surface area contributed by atoms with Gasteiger partial charge in [-0.3, -0.25) is 0 Å². The van der Waals surface area contributed by atoms with E-state index in [2.05, 4.69) is 43.1 Å². The summed E-state index contributed by atoms with van der Waals surface area (Å²) < 4.78 is 0. The molecule has 94 valence electrons. The smallest absolute Gasteiger partial charge is 0.0212 e. The molecule has 3 nitrogen and oxygen atoms in total. The molecule has 0 amide bonds. The summed E-state index contributed by atoms with van der Waals surface area (Å²) in [6, 6.07) is 2.96. The minimum absolute atomic E-state index is 0.723. The standard InChI is InChI=1S/C13H27N3/c1-10-7-12(5-6-15(10)3)14-13-8-11(2)16(4)9-13/h10-14H,5-9H2,1-4H3. The van der Waals surface area contributed by atoms with Gasteiger partial charge in [0.1, 0.15) is 0 Å². The Hall–Kier alpha value is -0.120.